The summed E-state index contributed by atoms with van der Waals surface area (Å²) in [5.74, 6) is -0.777. The second kappa shape index (κ2) is 3.76. The molecular weight excluding hydrogens is 214 g/mol. The zero-order valence-corrected chi connectivity index (χ0v) is 10.8. The van der Waals surface area contributed by atoms with Gasteiger partial charge in [-0.1, -0.05) is 26.0 Å². The number of aliphatic carboxylic acids is 1. The number of hydrogen-bond acceptors (Lipinski definition) is 2. The van der Waals surface area contributed by atoms with Crippen LogP contribution in [0.15, 0.2) is 24.3 Å². The lowest BCUT2D eigenvalue weighted by atomic mass is 10.0. The fraction of sp³-hybridized carbons (Fsp3) is 0.500. The maximum absolute atomic E-state index is 11.1. The number of carboxylic acids is 1. The summed E-state index contributed by atoms with van der Waals surface area (Å²) in [4.78, 5) is 13.2. The van der Waals surface area contributed by atoms with E-state index in [1.807, 2.05) is 57.1 Å². The van der Waals surface area contributed by atoms with Crippen LogP contribution < -0.4 is 4.90 Å². The number of nitrogens with zero attached hydrogens (tertiary/aromatic N) is 1. The van der Waals surface area contributed by atoms with Crippen molar-refractivity contribution in [1.82, 2.24) is 0 Å². The summed E-state index contributed by atoms with van der Waals surface area (Å²) in [5, 5.41) is 9.16. The lowest BCUT2D eigenvalue weighted by molar-refractivity contribution is -0.139. The molecule has 2 rings (SSSR count). The van der Waals surface area contributed by atoms with E-state index >= 15 is 0 Å². The Morgan fingerprint density at radius 1 is 1.24 bits per heavy atom. The third kappa shape index (κ3) is 1.90. The van der Waals surface area contributed by atoms with Crippen LogP contribution >= 0.6 is 0 Å². The molecule has 2 atom stereocenters. The second-order valence-corrected chi connectivity index (χ2v) is 5.60. The Kier molecular flexibility index (Phi) is 2.64. The molecule has 0 saturated heterocycles. The van der Waals surface area contributed by atoms with Crippen molar-refractivity contribution in [3.63, 3.8) is 0 Å². The molecule has 1 aromatic rings. The number of rotatable bonds is 3. The summed E-state index contributed by atoms with van der Waals surface area (Å²) in [7, 11) is 3.99. The van der Waals surface area contributed by atoms with E-state index in [1.54, 1.807) is 0 Å². The Morgan fingerprint density at radius 2 is 1.76 bits per heavy atom. The molecule has 92 valence electrons. The molecule has 1 aromatic carbocycles. The van der Waals surface area contributed by atoms with Gasteiger partial charge in [0.15, 0.2) is 0 Å². The molecule has 0 spiro atoms. The number of carbonyl (C=O) groups is 1. The molecule has 0 aromatic heterocycles. The molecule has 0 heterocycles. The molecule has 1 saturated carbocycles. The van der Waals surface area contributed by atoms with Crippen LogP contribution in [0.4, 0.5) is 5.69 Å². The maximum atomic E-state index is 11.1. The largest absolute Gasteiger partial charge is 0.481 e. The summed E-state index contributed by atoms with van der Waals surface area (Å²) in [5.41, 5.74) is 2.15. The van der Waals surface area contributed by atoms with Crippen molar-refractivity contribution in [1.29, 1.82) is 0 Å². The van der Waals surface area contributed by atoms with Gasteiger partial charge in [0.05, 0.1) is 5.92 Å². The van der Waals surface area contributed by atoms with Gasteiger partial charge in [0.1, 0.15) is 0 Å². The molecular formula is C14H19NO2. The van der Waals surface area contributed by atoms with Gasteiger partial charge >= 0.3 is 5.97 Å². The van der Waals surface area contributed by atoms with Crippen LogP contribution in [0.2, 0.25) is 0 Å². The van der Waals surface area contributed by atoms with Crippen LogP contribution in [0.25, 0.3) is 0 Å². The molecule has 0 amide bonds. The molecule has 1 fully saturated rings. The lowest BCUT2D eigenvalue weighted by Gasteiger charge is -2.13. The molecule has 3 heteroatoms. The first-order valence-corrected chi connectivity index (χ1v) is 5.86. The topological polar surface area (TPSA) is 40.5 Å². The normalized spacial score (nSPS) is 25.4. The molecule has 0 radical (unpaired) electrons. The Labute approximate surface area is 102 Å². The number of benzene rings is 1. The van der Waals surface area contributed by atoms with E-state index < -0.39 is 5.97 Å². The van der Waals surface area contributed by atoms with Crippen LogP contribution in [0.3, 0.4) is 0 Å². The maximum Gasteiger partial charge on any atom is 0.307 e. The molecule has 1 aliphatic rings. The van der Waals surface area contributed by atoms with E-state index in [2.05, 4.69) is 0 Å². The minimum atomic E-state index is -0.684. The van der Waals surface area contributed by atoms with Crippen LogP contribution in [0.1, 0.15) is 25.3 Å². The predicted molar refractivity (Wildman–Crippen MR) is 68.4 cm³/mol. The summed E-state index contributed by atoms with van der Waals surface area (Å²) in [6, 6.07) is 8.18. The third-order valence-corrected chi connectivity index (χ3v) is 3.86. The number of carboxylic acid groups (broad SMARTS) is 1. The smallest absolute Gasteiger partial charge is 0.307 e. The van der Waals surface area contributed by atoms with E-state index in [1.165, 1.54) is 0 Å². The van der Waals surface area contributed by atoms with E-state index in [4.69, 9.17) is 5.11 Å². The van der Waals surface area contributed by atoms with Crippen molar-refractivity contribution in [2.45, 2.75) is 19.8 Å². The van der Waals surface area contributed by atoms with Crippen molar-refractivity contribution in [3.05, 3.63) is 29.8 Å². The van der Waals surface area contributed by atoms with Gasteiger partial charge < -0.3 is 10.0 Å². The monoisotopic (exact) mass is 233 g/mol. The minimum absolute atomic E-state index is 0.120. The standard InChI is InChI=1S/C14H19NO2/c1-14(2)11(12(14)13(16)17)9-5-7-10(8-6-9)15(3)4/h5-8,11-12H,1-4H3,(H,16,17)/t11-,12+/m0/s1. The molecule has 17 heavy (non-hydrogen) atoms. The van der Waals surface area contributed by atoms with Gasteiger partial charge in [-0.3, -0.25) is 4.79 Å². The molecule has 0 aliphatic heterocycles. The van der Waals surface area contributed by atoms with Crippen molar-refractivity contribution >= 4 is 11.7 Å². The Morgan fingerprint density at radius 3 is 2.12 bits per heavy atom. The highest BCUT2D eigenvalue weighted by molar-refractivity contribution is 5.77. The summed E-state index contributed by atoms with van der Waals surface area (Å²) < 4.78 is 0. The fourth-order valence-corrected chi connectivity index (χ4v) is 2.70. The highest BCUT2D eigenvalue weighted by atomic mass is 16.4. The van der Waals surface area contributed by atoms with Gasteiger partial charge in [-0.2, -0.15) is 0 Å². The van der Waals surface area contributed by atoms with E-state index in [0.717, 1.165) is 11.3 Å². The Balaban J connectivity index is 2.23. The third-order valence-electron chi connectivity index (χ3n) is 3.86. The summed E-state index contributed by atoms with van der Waals surface area (Å²) in [6.45, 7) is 4.05. The van der Waals surface area contributed by atoms with Crippen molar-refractivity contribution in [2.24, 2.45) is 11.3 Å². The van der Waals surface area contributed by atoms with Gasteiger partial charge in [-0.05, 0) is 23.1 Å². The van der Waals surface area contributed by atoms with Crippen LogP contribution in [0.5, 0.6) is 0 Å². The Hall–Kier alpha value is -1.51. The first-order valence-electron chi connectivity index (χ1n) is 5.86. The van der Waals surface area contributed by atoms with Crippen LogP contribution in [-0.2, 0) is 4.79 Å². The highest BCUT2D eigenvalue weighted by Gasteiger charge is 2.62. The SMILES string of the molecule is CN(C)c1ccc([C@H]2[C@H](C(=O)O)C2(C)C)cc1. The van der Waals surface area contributed by atoms with E-state index in [-0.39, 0.29) is 17.3 Å². The highest BCUT2D eigenvalue weighted by Crippen LogP contribution is 2.64. The fourth-order valence-electron chi connectivity index (χ4n) is 2.70. The predicted octanol–water partition coefficient (Wildman–Crippen LogP) is 2.58. The minimum Gasteiger partial charge on any atom is -0.481 e. The number of anilines is 1. The van der Waals surface area contributed by atoms with Crippen LogP contribution in [0, 0.1) is 11.3 Å². The molecule has 0 unspecified atom stereocenters. The molecule has 0 bridgehead atoms. The summed E-state index contributed by atoms with van der Waals surface area (Å²) >= 11 is 0. The second-order valence-electron chi connectivity index (χ2n) is 5.60. The first-order chi connectivity index (χ1) is 7.85. The lowest BCUT2D eigenvalue weighted by Crippen LogP contribution is -2.08. The first kappa shape index (κ1) is 12.0. The van der Waals surface area contributed by atoms with Gasteiger partial charge in [-0.25, -0.2) is 0 Å². The van der Waals surface area contributed by atoms with Gasteiger partial charge in [0, 0.05) is 25.7 Å². The molecule has 1 aliphatic carbocycles. The number of hydrogen-bond donors (Lipinski definition) is 1. The van der Waals surface area contributed by atoms with Crippen molar-refractivity contribution in [2.75, 3.05) is 19.0 Å². The average molecular weight is 233 g/mol. The quantitative estimate of drug-likeness (QED) is 0.872. The van der Waals surface area contributed by atoms with E-state index in [0.29, 0.717) is 0 Å². The summed E-state index contributed by atoms with van der Waals surface area (Å²) in [6.07, 6.45) is 0. The molecule has 3 nitrogen and oxygen atoms in total. The van der Waals surface area contributed by atoms with Gasteiger partial charge in [0.2, 0.25) is 0 Å². The van der Waals surface area contributed by atoms with Crippen LogP contribution in [-0.4, -0.2) is 25.2 Å². The van der Waals surface area contributed by atoms with Gasteiger partial charge in [-0.15, -0.1) is 0 Å². The average Bonchev–Trinajstić information content (AvgIpc) is 2.82. The van der Waals surface area contributed by atoms with Crippen molar-refractivity contribution < 1.29 is 9.90 Å². The van der Waals surface area contributed by atoms with Gasteiger partial charge in [0.25, 0.3) is 0 Å². The molecule has 1 N–H and O–H groups in total. The van der Waals surface area contributed by atoms with Crippen molar-refractivity contribution in [3.8, 4) is 0 Å². The zero-order valence-electron chi connectivity index (χ0n) is 10.8. The van der Waals surface area contributed by atoms with E-state index in [9.17, 15) is 4.79 Å². The Bertz CT molecular complexity index is 434. The zero-order chi connectivity index (χ0) is 12.8.